The summed E-state index contributed by atoms with van der Waals surface area (Å²) in [7, 11) is 0. The van der Waals surface area contributed by atoms with Gasteiger partial charge in [0.25, 0.3) is 0 Å². The molecule has 0 fully saturated rings. The van der Waals surface area contributed by atoms with Gasteiger partial charge in [-0.2, -0.15) is 0 Å². The Kier molecular flexibility index (Phi) is 2.92. The molecule has 104 valence electrons. The fraction of sp³-hybridized carbons (Fsp3) is 0.176. The van der Waals surface area contributed by atoms with Crippen LogP contribution in [-0.4, -0.2) is 9.97 Å². The number of nitrogens with one attached hydrogen (secondary N) is 2. The SMILES string of the molecule is c1ccc2c(c1)[nH]c[n+]2CCC[n+]1c[nH]c2ccccc21. The van der Waals surface area contributed by atoms with Gasteiger partial charge in [-0.15, -0.1) is 0 Å². The van der Waals surface area contributed by atoms with Crippen LogP contribution in [0.2, 0.25) is 0 Å². The first-order valence-electron chi connectivity index (χ1n) is 7.33. The highest BCUT2D eigenvalue weighted by Gasteiger charge is 2.11. The van der Waals surface area contributed by atoms with Gasteiger partial charge in [-0.05, 0) is 24.3 Å². The van der Waals surface area contributed by atoms with Crippen molar-refractivity contribution in [2.75, 3.05) is 0 Å². The van der Waals surface area contributed by atoms with Crippen molar-refractivity contribution in [1.82, 2.24) is 9.97 Å². The highest BCUT2D eigenvalue weighted by Crippen LogP contribution is 2.07. The maximum Gasteiger partial charge on any atom is 0.242 e. The number of nitrogens with zero attached hydrogens (tertiary/aromatic N) is 2. The number of hydrogen-bond donors (Lipinski definition) is 2. The predicted molar refractivity (Wildman–Crippen MR) is 81.6 cm³/mol. The number of aryl methyl sites for hydroxylation is 2. The second kappa shape index (κ2) is 5.05. The Morgan fingerprint density at radius 3 is 1.67 bits per heavy atom. The standard InChI is InChI=1S/C17H16N4/c1-3-8-16-14(6-1)18-12-20(16)10-5-11-21-13-19-15-7-2-4-9-17(15)21/h1-4,6-9,12-13H,5,10-11H2/p+2. The van der Waals surface area contributed by atoms with Crippen LogP contribution in [0.25, 0.3) is 22.1 Å². The van der Waals surface area contributed by atoms with E-state index in [0.717, 1.165) is 19.5 Å². The number of imidazole rings is 2. The molecule has 4 rings (SSSR count). The number of para-hydroxylation sites is 4. The fourth-order valence-corrected chi connectivity index (χ4v) is 2.91. The number of aromatic nitrogens is 4. The van der Waals surface area contributed by atoms with E-state index < -0.39 is 0 Å². The van der Waals surface area contributed by atoms with Gasteiger partial charge in [0.15, 0.2) is 22.1 Å². The summed E-state index contributed by atoms with van der Waals surface area (Å²) in [4.78, 5) is 6.62. The van der Waals surface area contributed by atoms with Gasteiger partial charge in [0.2, 0.25) is 12.7 Å². The van der Waals surface area contributed by atoms with Gasteiger partial charge in [0.05, 0.1) is 13.1 Å². The number of fused-ring (bicyclic) bond motifs is 2. The fourth-order valence-electron chi connectivity index (χ4n) is 2.91. The normalized spacial score (nSPS) is 11.4. The first-order valence-corrected chi connectivity index (χ1v) is 7.33. The van der Waals surface area contributed by atoms with Crippen LogP contribution >= 0.6 is 0 Å². The Hall–Kier alpha value is -2.62. The molecular formula is C17H18N4+2. The highest BCUT2D eigenvalue weighted by atomic mass is 15.1. The van der Waals surface area contributed by atoms with Crippen LogP contribution in [0.4, 0.5) is 0 Å². The van der Waals surface area contributed by atoms with Crippen LogP contribution in [0.15, 0.2) is 61.2 Å². The second-order valence-corrected chi connectivity index (χ2v) is 5.32. The minimum Gasteiger partial charge on any atom is -0.243 e. The van der Waals surface area contributed by atoms with Gasteiger partial charge in [-0.25, -0.2) is 19.1 Å². The molecule has 21 heavy (non-hydrogen) atoms. The lowest BCUT2D eigenvalue weighted by Gasteiger charge is -1.98. The van der Waals surface area contributed by atoms with Crippen LogP contribution in [0.1, 0.15) is 6.42 Å². The first kappa shape index (κ1) is 12.1. The van der Waals surface area contributed by atoms with Gasteiger partial charge >= 0.3 is 0 Å². The molecular weight excluding hydrogens is 260 g/mol. The molecule has 0 aliphatic heterocycles. The molecule has 0 saturated carbocycles. The molecule has 0 spiro atoms. The van der Waals surface area contributed by atoms with Crippen LogP contribution in [0.3, 0.4) is 0 Å². The molecule has 0 saturated heterocycles. The maximum atomic E-state index is 3.31. The zero-order valence-corrected chi connectivity index (χ0v) is 11.8. The number of hydrogen-bond acceptors (Lipinski definition) is 0. The zero-order valence-electron chi connectivity index (χ0n) is 11.8. The van der Waals surface area contributed by atoms with Crippen molar-refractivity contribution >= 4 is 22.1 Å². The number of aromatic amines is 2. The van der Waals surface area contributed by atoms with E-state index in [2.05, 4.69) is 80.3 Å². The Bertz CT molecular complexity index is 814. The molecule has 0 radical (unpaired) electrons. The van der Waals surface area contributed by atoms with Gasteiger partial charge < -0.3 is 0 Å². The van der Waals surface area contributed by atoms with E-state index in [4.69, 9.17) is 0 Å². The number of H-pyrrole nitrogens is 2. The molecule has 4 heteroatoms. The summed E-state index contributed by atoms with van der Waals surface area (Å²) < 4.78 is 4.56. The topological polar surface area (TPSA) is 39.3 Å². The van der Waals surface area contributed by atoms with Crippen molar-refractivity contribution in [2.45, 2.75) is 19.5 Å². The minimum atomic E-state index is 1.01. The summed E-state index contributed by atoms with van der Waals surface area (Å²) >= 11 is 0. The van der Waals surface area contributed by atoms with Gasteiger partial charge in [0, 0.05) is 6.42 Å². The molecule has 0 amide bonds. The summed E-state index contributed by atoms with van der Waals surface area (Å²) in [5.74, 6) is 0. The number of rotatable bonds is 4. The van der Waals surface area contributed by atoms with Gasteiger partial charge in [0.1, 0.15) is 0 Å². The van der Waals surface area contributed by atoms with Gasteiger partial charge in [-0.1, -0.05) is 24.3 Å². The molecule has 0 atom stereocenters. The summed E-state index contributed by atoms with van der Waals surface area (Å²) in [6.45, 7) is 2.02. The monoisotopic (exact) mass is 278 g/mol. The molecule has 4 aromatic rings. The quantitative estimate of drug-likeness (QED) is 0.538. The van der Waals surface area contributed by atoms with Crippen LogP contribution in [0.5, 0.6) is 0 Å². The average Bonchev–Trinajstić information content (AvgIpc) is 3.13. The Morgan fingerprint density at radius 2 is 1.14 bits per heavy atom. The van der Waals surface area contributed by atoms with Crippen molar-refractivity contribution in [1.29, 1.82) is 0 Å². The minimum absolute atomic E-state index is 1.01. The molecule has 0 aliphatic rings. The molecule has 4 nitrogen and oxygen atoms in total. The van der Waals surface area contributed by atoms with Crippen LogP contribution in [0, 0.1) is 0 Å². The van der Waals surface area contributed by atoms with Crippen molar-refractivity contribution in [3.05, 3.63) is 61.2 Å². The third-order valence-corrected chi connectivity index (χ3v) is 3.98. The maximum absolute atomic E-state index is 3.31. The van der Waals surface area contributed by atoms with E-state index in [1.165, 1.54) is 22.1 Å². The van der Waals surface area contributed by atoms with E-state index in [1.54, 1.807) is 0 Å². The van der Waals surface area contributed by atoms with Crippen molar-refractivity contribution in [2.24, 2.45) is 0 Å². The molecule has 0 aliphatic carbocycles. The third kappa shape index (κ3) is 2.18. The summed E-state index contributed by atoms with van der Waals surface area (Å²) in [5, 5.41) is 0. The Labute approximate surface area is 122 Å². The average molecular weight is 278 g/mol. The molecule has 0 bridgehead atoms. The van der Waals surface area contributed by atoms with E-state index in [0.29, 0.717) is 0 Å². The Morgan fingerprint density at radius 1 is 0.667 bits per heavy atom. The Balaban J connectivity index is 1.50. The van der Waals surface area contributed by atoms with Crippen molar-refractivity contribution in [3.8, 4) is 0 Å². The van der Waals surface area contributed by atoms with Crippen molar-refractivity contribution < 1.29 is 9.13 Å². The van der Waals surface area contributed by atoms with E-state index in [1.807, 2.05) is 0 Å². The third-order valence-electron chi connectivity index (χ3n) is 3.98. The smallest absolute Gasteiger partial charge is 0.242 e. The summed E-state index contributed by atoms with van der Waals surface area (Å²) in [6.07, 6.45) is 5.22. The number of benzene rings is 2. The zero-order chi connectivity index (χ0) is 14.1. The van der Waals surface area contributed by atoms with Crippen LogP contribution in [-0.2, 0) is 13.1 Å². The van der Waals surface area contributed by atoms with Crippen molar-refractivity contribution in [3.63, 3.8) is 0 Å². The molecule has 2 heterocycles. The largest absolute Gasteiger partial charge is 0.243 e. The second-order valence-electron chi connectivity index (χ2n) is 5.32. The molecule has 2 aromatic carbocycles. The van der Waals surface area contributed by atoms with Crippen LogP contribution < -0.4 is 9.13 Å². The van der Waals surface area contributed by atoms with E-state index >= 15 is 0 Å². The highest BCUT2D eigenvalue weighted by molar-refractivity contribution is 5.70. The van der Waals surface area contributed by atoms with E-state index in [9.17, 15) is 0 Å². The molecule has 2 aromatic heterocycles. The summed E-state index contributed by atoms with van der Waals surface area (Å²) in [6, 6.07) is 16.8. The van der Waals surface area contributed by atoms with Gasteiger partial charge in [-0.3, -0.25) is 0 Å². The lowest BCUT2D eigenvalue weighted by atomic mass is 10.3. The predicted octanol–water partition coefficient (Wildman–Crippen LogP) is 2.31. The lowest BCUT2D eigenvalue weighted by molar-refractivity contribution is -0.702. The molecule has 0 unspecified atom stereocenters. The first-order chi connectivity index (χ1) is 10.4. The lowest BCUT2D eigenvalue weighted by Crippen LogP contribution is -2.37. The molecule has 2 N–H and O–H groups in total. The van der Waals surface area contributed by atoms with E-state index in [-0.39, 0.29) is 0 Å². The summed E-state index contributed by atoms with van der Waals surface area (Å²) in [5.41, 5.74) is 4.91.